The molecular formula is C13H19N3O4. The van der Waals surface area contributed by atoms with E-state index in [4.69, 9.17) is 9.47 Å². The molecule has 20 heavy (non-hydrogen) atoms. The SMILES string of the molecule is Cc1cc(C(COC=O)N2CCOC(CO)C2)ncn1. The van der Waals surface area contributed by atoms with Crippen LogP contribution < -0.4 is 0 Å². The number of aromatic nitrogens is 2. The Morgan fingerprint density at radius 1 is 1.65 bits per heavy atom. The van der Waals surface area contributed by atoms with Crippen molar-refractivity contribution in [3.05, 3.63) is 23.8 Å². The van der Waals surface area contributed by atoms with Crippen molar-refractivity contribution in [3.63, 3.8) is 0 Å². The van der Waals surface area contributed by atoms with E-state index in [0.717, 1.165) is 11.4 Å². The quantitative estimate of drug-likeness (QED) is 0.716. The number of aryl methyl sites for hydroxylation is 1. The van der Waals surface area contributed by atoms with E-state index in [0.29, 0.717) is 26.2 Å². The lowest BCUT2D eigenvalue weighted by Gasteiger charge is -2.36. The standard InChI is InChI=1S/C13H19N3O4/c1-10-4-12(15-8-14-10)13(7-19-9-18)16-2-3-20-11(5-16)6-17/h4,8-9,11,13,17H,2-3,5-7H2,1H3. The topological polar surface area (TPSA) is 84.8 Å². The molecule has 0 amide bonds. The molecule has 0 aromatic carbocycles. The smallest absolute Gasteiger partial charge is 0.293 e. The van der Waals surface area contributed by atoms with Crippen molar-refractivity contribution in [1.29, 1.82) is 0 Å². The molecule has 1 saturated heterocycles. The highest BCUT2D eigenvalue weighted by atomic mass is 16.5. The highest BCUT2D eigenvalue weighted by Gasteiger charge is 2.28. The molecule has 2 unspecified atom stereocenters. The Balaban J connectivity index is 2.15. The summed E-state index contributed by atoms with van der Waals surface area (Å²) in [7, 11) is 0. The molecule has 0 aliphatic carbocycles. The van der Waals surface area contributed by atoms with Crippen LogP contribution in [0.4, 0.5) is 0 Å². The van der Waals surface area contributed by atoms with E-state index in [9.17, 15) is 9.90 Å². The van der Waals surface area contributed by atoms with E-state index < -0.39 is 0 Å². The Bertz CT molecular complexity index is 443. The molecule has 1 aromatic heterocycles. The zero-order valence-electron chi connectivity index (χ0n) is 11.4. The third-order valence-electron chi connectivity index (χ3n) is 3.30. The van der Waals surface area contributed by atoms with Crippen molar-refractivity contribution in [2.24, 2.45) is 0 Å². The summed E-state index contributed by atoms with van der Waals surface area (Å²) in [5.41, 5.74) is 1.66. The van der Waals surface area contributed by atoms with Crippen LogP contribution in [-0.4, -0.2) is 65.5 Å². The van der Waals surface area contributed by atoms with Crippen molar-refractivity contribution in [2.45, 2.75) is 19.1 Å². The monoisotopic (exact) mass is 281 g/mol. The van der Waals surface area contributed by atoms with Crippen LogP contribution >= 0.6 is 0 Å². The van der Waals surface area contributed by atoms with E-state index in [1.54, 1.807) is 0 Å². The second-order valence-corrected chi connectivity index (χ2v) is 4.70. The van der Waals surface area contributed by atoms with E-state index in [-0.39, 0.29) is 25.4 Å². The fourth-order valence-electron chi connectivity index (χ4n) is 2.30. The first-order valence-electron chi connectivity index (χ1n) is 6.55. The zero-order valence-corrected chi connectivity index (χ0v) is 11.4. The van der Waals surface area contributed by atoms with Crippen LogP contribution in [0, 0.1) is 6.92 Å². The summed E-state index contributed by atoms with van der Waals surface area (Å²) >= 11 is 0. The Hall–Kier alpha value is -1.57. The van der Waals surface area contributed by atoms with Crippen molar-refractivity contribution in [1.82, 2.24) is 14.9 Å². The molecule has 0 radical (unpaired) electrons. The Kier molecular flexibility index (Phi) is 5.40. The minimum absolute atomic E-state index is 0.0272. The average molecular weight is 281 g/mol. The highest BCUT2D eigenvalue weighted by Crippen LogP contribution is 2.22. The van der Waals surface area contributed by atoms with Gasteiger partial charge in [0.2, 0.25) is 0 Å². The molecule has 7 nitrogen and oxygen atoms in total. The summed E-state index contributed by atoms with van der Waals surface area (Å²) in [5.74, 6) is 0. The lowest BCUT2D eigenvalue weighted by atomic mass is 10.1. The van der Waals surface area contributed by atoms with Gasteiger partial charge in [-0.15, -0.1) is 0 Å². The number of aliphatic hydroxyl groups is 1. The summed E-state index contributed by atoms with van der Waals surface area (Å²) in [6.07, 6.45) is 1.29. The van der Waals surface area contributed by atoms with Crippen LogP contribution in [0.2, 0.25) is 0 Å². The Labute approximate surface area is 117 Å². The van der Waals surface area contributed by atoms with Gasteiger partial charge in [0.05, 0.1) is 31.1 Å². The van der Waals surface area contributed by atoms with Gasteiger partial charge in [0.1, 0.15) is 12.9 Å². The normalized spacial score (nSPS) is 21.4. The summed E-state index contributed by atoms with van der Waals surface area (Å²) in [4.78, 5) is 20.9. The molecule has 0 bridgehead atoms. The molecule has 0 spiro atoms. The fourth-order valence-corrected chi connectivity index (χ4v) is 2.30. The predicted molar refractivity (Wildman–Crippen MR) is 69.9 cm³/mol. The lowest BCUT2D eigenvalue weighted by molar-refractivity contribution is -0.132. The summed E-state index contributed by atoms with van der Waals surface area (Å²) in [5, 5.41) is 9.22. The second-order valence-electron chi connectivity index (χ2n) is 4.70. The first-order chi connectivity index (χ1) is 9.74. The number of rotatable bonds is 6. The molecule has 2 heterocycles. The molecule has 2 rings (SSSR count). The van der Waals surface area contributed by atoms with Crippen LogP contribution in [0.5, 0.6) is 0 Å². The van der Waals surface area contributed by atoms with E-state index in [2.05, 4.69) is 14.9 Å². The number of aliphatic hydroxyl groups excluding tert-OH is 1. The maximum atomic E-state index is 10.5. The van der Waals surface area contributed by atoms with Gasteiger partial charge < -0.3 is 14.6 Å². The van der Waals surface area contributed by atoms with Crippen molar-refractivity contribution >= 4 is 6.47 Å². The number of nitrogens with zero attached hydrogens (tertiary/aromatic N) is 3. The fraction of sp³-hybridized carbons (Fsp3) is 0.615. The predicted octanol–water partition coefficient (Wildman–Crippen LogP) is -0.308. The van der Waals surface area contributed by atoms with Gasteiger partial charge in [0.15, 0.2) is 0 Å². The minimum atomic E-state index is -0.217. The number of hydrogen-bond donors (Lipinski definition) is 1. The molecule has 7 heteroatoms. The number of carbonyl (C=O) groups is 1. The number of morpholine rings is 1. The molecule has 110 valence electrons. The van der Waals surface area contributed by atoms with Gasteiger partial charge in [0, 0.05) is 18.8 Å². The maximum absolute atomic E-state index is 10.5. The van der Waals surface area contributed by atoms with Crippen molar-refractivity contribution in [3.8, 4) is 0 Å². The van der Waals surface area contributed by atoms with Gasteiger partial charge in [-0.05, 0) is 13.0 Å². The maximum Gasteiger partial charge on any atom is 0.293 e. The van der Waals surface area contributed by atoms with Gasteiger partial charge >= 0.3 is 0 Å². The molecule has 1 aromatic rings. The average Bonchev–Trinajstić information content (AvgIpc) is 2.48. The number of hydrogen-bond acceptors (Lipinski definition) is 7. The summed E-state index contributed by atoms with van der Waals surface area (Å²) < 4.78 is 10.4. The van der Waals surface area contributed by atoms with Crippen molar-refractivity contribution in [2.75, 3.05) is 32.9 Å². The molecule has 1 fully saturated rings. The van der Waals surface area contributed by atoms with Gasteiger partial charge in [-0.25, -0.2) is 9.97 Å². The van der Waals surface area contributed by atoms with E-state index in [1.165, 1.54) is 6.33 Å². The van der Waals surface area contributed by atoms with Crippen molar-refractivity contribution < 1.29 is 19.4 Å². The van der Waals surface area contributed by atoms with Crippen LogP contribution in [0.25, 0.3) is 0 Å². The summed E-state index contributed by atoms with van der Waals surface area (Å²) in [6, 6.07) is 1.72. The molecule has 1 aliphatic heterocycles. The lowest BCUT2D eigenvalue weighted by Crippen LogP contribution is -2.46. The molecule has 1 aliphatic rings. The van der Waals surface area contributed by atoms with Crippen LogP contribution in [-0.2, 0) is 14.3 Å². The van der Waals surface area contributed by atoms with Crippen LogP contribution in [0.1, 0.15) is 17.4 Å². The third-order valence-corrected chi connectivity index (χ3v) is 3.30. The molecule has 0 saturated carbocycles. The van der Waals surface area contributed by atoms with Crippen LogP contribution in [0.3, 0.4) is 0 Å². The van der Waals surface area contributed by atoms with Crippen LogP contribution in [0.15, 0.2) is 12.4 Å². The largest absolute Gasteiger partial charge is 0.466 e. The summed E-state index contributed by atoms with van der Waals surface area (Å²) in [6.45, 7) is 4.33. The molecular weight excluding hydrogens is 262 g/mol. The Morgan fingerprint density at radius 3 is 3.20 bits per heavy atom. The first-order valence-corrected chi connectivity index (χ1v) is 6.55. The zero-order chi connectivity index (χ0) is 14.4. The molecule has 1 N–H and O–H groups in total. The number of carbonyl (C=O) groups excluding carboxylic acids is 1. The van der Waals surface area contributed by atoms with E-state index in [1.807, 2.05) is 13.0 Å². The van der Waals surface area contributed by atoms with E-state index >= 15 is 0 Å². The first kappa shape index (κ1) is 14.8. The van der Waals surface area contributed by atoms with Gasteiger partial charge in [0.25, 0.3) is 6.47 Å². The highest BCUT2D eigenvalue weighted by molar-refractivity contribution is 5.37. The van der Waals surface area contributed by atoms with Gasteiger partial charge in [-0.2, -0.15) is 0 Å². The van der Waals surface area contributed by atoms with Gasteiger partial charge in [-0.1, -0.05) is 0 Å². The number of ether oxygens (including phenoxy) is 2. The Morgan fingerprint density at radius 2 is 2.50 bits per heavy atom. The third kappa shape index (κ3) is 3.72. The molecule has 2 atom stereocenters. The van der Waals surface area contributed by atoms with Gasteiger partial charge in [-0.3, -0.25) is 9.69 Å². The minimum Gasteiger partial charge on any atom is -0.466 e. The second kappa shape index (κ2) is 7.28.